The van der Waals surface area contributed by atoms with Crippen LogP contribution in [0.1, 0.15) is 39.5 Å². The van der Waals surface area contributed by atoms with E-state index >= 15 is 0 Å². The molecule has 0 aromatic heterocycles. The van der Waals surface area contributed by atoms with E-state index in [9.17, 15) is 0 Å². The molecule has 1 N–H and O–H groups in total. The van der Waals surface area contributed by atoms with Gasteiger partial charge in [0.1, 0.15) is 0 Å². The van der Waals surface area contributed by atoms with E-state index in [4.69, 9.17) is 0 Å². The highest BCUT2D eigenvalue weighted by Gasteiger charge is 2.21. The normalized spacial score (nSPS) is 30.7. The third kappa shape index (κ3) is 4.37. The molecule has 3 unspecified atom stereocenters. The lowest BCUT2D eigenvalue weighted by molar-refractivity contribution is 0.434. The van der Waals surface area contributed by atoms with Crippen LogP contribution in [0.25, 0.3) is 0 Å². The molecule has 0 radical (unpaired) electrons. The fourth-order valence-corrected chi connectivity index (χ4v) is 2.73. The summed E-state index contributed by atoms with van der Waals surface area (Å²) < 4.78 is 0. The van der Waals surface area contributed by atoms with Crippen LogP contribution in [0.5, 0.6) is 0 Å². The van der Waals surface area contributed by atoms with Gasteiger partial charge in [-0.25, -0.2) is 0 Å². The molecule has 1 fully saturated rings. The Kier molecular flexibility index (Phi) is 5.18. The summed E-state index contributed by atoms with van der Waals surface area (Å²) in [6.45, 7) is 4.69. The molecule has 1 aliphatic rings. The molecule has 3 atom stereocenters. The van der Waals surface area contributed by atoms with Gasteiger partial charge in [0.15, 0.2) is 0 Å². The van der Waals surface area contributed by atoms with Crippen LogP contribution in [0, 0.1) is 5.92 Å². The lowest BCUT2D eigenvalue weighted by Gasteiger charge is -2.18. The van der Waals surface area contributed by atoms with Gasteiger partial charge in [0.25, 0.3) is 0 Å². The molecule has 0 aromatic rings. The Labute approximate surface area is 87.1 Å². The van der Waals surface area contributed by atoms with Gasteiger partial charge >= 0.3 is 0 Å². The Morgan fingerprint density at radius 2 is 2.23 bits per heavy atom. The van der Waals surface area contributed by atoms with E-state index in [0.29, 0.717) is 6.04 Å². The van der Waals surface area contributed by atoms with Crippen LogP contribution >= 0.6 is 11.8 Å². The van der Waals surface area contributed by atoms with Gasteiger partial charge < -0.3 is 5.32 Å². The molecule has 0 amide bonds. The minimum Gasteiger partial charge on any atom is -0.311 e. The molecular weight excluding hydrogens is 178 g/mol. The van der Waals surface area contributed by atoms with Crippen molar-refractivity contribution >= 4 is 11.8 Å². The maximum absolute atomic E-state index is 3.73. The predicted octanol–water partition coefficient (Wildman–Crippen LogP) is 2.91. The van der Waals surface area contributed by atoms with Crippen molar-refractivity contribution in [1.82, 2.24) is 5.32 Å². The first-order valence-electron chi connectivity index (χ1n) is 5.47. The molecule has 0 aliphatic heterocycles. The Hall–Kier alpha value is 0.310. The molecule has 1 saturated carbocycles. The third-order valence-corrected chi connectivity index (χ3v) is 3.61. The molecule has 0 aromatic carbocycles. The van der Waals surface area contributed by atoms with Crippen LogP contribution in [0.2, 0.25) is 0 Å². The zero-order valence-corrected chi connectivity index (χ0v) is 9.99. The topological polar surface area (TPSA) is 12.0 Å². The largest absolute Gasteiger partial charge is 0.311 e. The second-order valence-corrected chi connectivity index (χ2v) is 5.45. The summed E-state index contributed by atoms with van der Waals surface area (Å²) in [5.41, 5.74) is 0. The molecule has 0 heterocycles. The molecule has 1 rings (SSSR count). The number of rotatable bonds is 5. The first-order chi connectivity index (χ1) is 6.22. The molecule has 13 heavy (non-hydrogen) atoms. The second-order valence-electron chi connectivity index (χ2n) is 4.46. The Balaban J connectivity index is 2.09. The van der Waals surface area contributed by atoms with Crippen molar-refractivity contribution in [2.45, 2.75) is 51.6 Å². The molecule has 78 valence electrons. The lowest BCUT2D eigenvalue weighted by Crippen LogP contribution is -2.35. The van der Waals surface area contributed by atoms with Crippen molar-refractivity contribution in [2.24, 2.45) is 5.92 Å². The van der Waals surface area contributed by atoms with Crippen LogP contribution in [-0.2, 0) is 0 Å². The van der Waals surface area contributed by atoms with Gasteiger partial charge in [-0.15, -0.1) is 0 Å². The van der Waals surface area contributed by atoms with E-state index in [1.54, 1.807) is 0 Å². The van der Waals surface area contributed by atoms with Gasteiger partial charge in [-0.05, 0) is 50.5 Å². The summed E-state index contributed by atoms with van der Waals surface area (Å²) in [6.07, 6.45) is 7.71. The summed E-state index contributed by atoms with van der Waals surface area (Å²) in [7, 11) is 0. The van der Waals surface area contributed by atoms with Crippen molar-refractivity contribution in [1.29, 1.82) is 0 Å². The highest BCUT2D eigenvalue weighted by molar-refractivity contribution is 7.98. The smallest absolute Gasteiger partial charge is 0.00721 e. The SMILES string of the molecule is CSCCC(C)NC1CCC(C)C1. The van der Waals surface area contributed by atoms with E-state index in [0.717, 1.165) is 12.0 Å². The van der Waals surface area contributed by atoms with Crippen LogP contribution in [0.3, 0.4) is 0 Å². The van der Waals surface area contributed by atoms with Crippen molar-refractivity contribution in [3.8, 4) is 0 Å². The second kappa shape index (κ2) is 5.92. The highest BCUT2D eigenvalue weighted by Crippen LogP contribution is 2.25. The molecule has 1 nitrogen and oxygen atoms in total. The average Bonchev–Trinajstić information content (AvgIpc) is 2.48. The first kappa shape index (κ1) is 11.4. The Bertz CT molecular complexity index is 138. The quantitative estimate of drug-likeness (QED) is 0.734. The zero-order chi connectivity index (χ0) is 9.68. The summed E-state index contributed by atoms with van der Waals surface area (Å²) in [5, 5.41) is 3.73. The van der Waals surface area contributed by atoms with Crippen LogP contribution < -0.4 is 5.32 Å². The molecule has 0 saturated heterocycles. The monoisotopic (exact) mass is 201 g/mol. The van der Waals surface area contributed by atoms with Gasteiger partial charge in [0.2, 0.25) is 0 Å². The molecule has 0 spiro atoms. The van der Waals surface area contributed by atoms with Crippen LogP contribution in [0.4, 0.5) is 0 Å². The average molecular weight is 201 g/mol. The summed E-state index contributed by atoms with van der Waals surface area (Å²) in [5.74, 6) is 2.24. The predicted molar refractivity (Wildman–Crippen MR) is 62.4 cm³/mol. The van der Waals surface area contributed by atoms with Gasteiger partial charge in [0, 0.05) is 12.1 Å². The molecular formula is C11H23NS. The van der Waals surface area contributed by atoms with Crippen molar-refractivity contribution in [3.63, 3.8) is 0 Å². The summed E-state index contributed by atoms with van der Waals surface area (Å²) >= 11 is 1.95. The van der Waals surface area contributed by atoms with Crippen LogP contribution in [-0.4, -0.2) is 24.1 Å². The Morgan fingerprint density at radius 1 is 1.46 bits per heavy atom. The fraction of sp³-hybridized carbons (Fsp3) is 1.00. The lowest BCUT2D eigenvalue weighted by atomic mass is 10.1. The van der Waals surface area contributed by atoms with Gasteiger partial charge in [-0.3, -0.25) is 0 Å². The Morgan fingerprint density at radius 3 is 2.77 bits per heavy atom. The van der Waals surface area contributed by atoms with Gasteiger partial charge in [-0.1, -0.05) is 6.92 Å². The highest BCUT2D eigenvalue weighted by atomic mass is 32.2. The third-order valence-electron chi connectivity index (χ3n) is 2.97. The fourth-order valence-electron chi connectivity index (χ4n) is 2.14. The maximum Gasteiger partial charge on any atom is 0.00721 e. The number of hydrogen-bond acceptors (Lipinski definition) is 2. The van der Waals surface area contributed by atoms with Gasteiger partial charge in [-0.2, -0.15) is 11.8 Å². The molecule has 1 aliphatic carbocycles. The summed E-state index contributed by atoms with van der Waals surface area (Å²) in [6, 6.07) is 1.52. The van der Waals surface area contributed by atoms with E-state index in [-0.39, 0.29) is 0 Å². The first-order valence-corrected chi connectivity index (χ1v) is 6.86. The van der Waals surface area contributed by atoms with E-state index in [2.05, 4.69) is 25.4 Å². The zero-order valence-electron chi connectivity index (χ0n) is 9.18. The maximum atomic E-state index is 3.73. The minimum atomic E-state index is 0.711. The summed E-state index contributed by atoms with van der Waals surface area (Å²) in [4.78, 5) is 0. The minimum absolute atomic E-state index is 0.711. The molecule has 2 heteroatoms. The van der Waals surface area contributed by atoms with E-state index in [1.165, 1.54) is 31.4 Å². The van der Waals surface area contributed by atoms with E-state index < -0.39 is 0 Å². The van der Waals surface area contributed by atoms with Gasteiger partial charge in [0.05, 0.1) is 0 Å². The van der Waals surface area contributed by atoms with Crippen molar-refractivity contribution in [2.75, 3.05) is 12.0 Å². The van der Waals surface area contributed by atoms with Crippen molar-refractivity contribution in [3.05, 3.63) is 0 Å². The standard InChI is InChI=1S/C11H23NS/c1-9-4-5-11(8-9)12-10(2)6-7-13-3/h9-12H,4-8H2,1-3H3. The van der Waals surface area contributed by atoms with E-state index in [1.807, 2.05) is 11.8 Å². The number of thioether (sulfide) groups is 1. The number of nitrogens with one attached hydrogen (secondary N) is 1. The molecule has 0 bridgehead atoms. The number of hydrogen-bond donors (Lipinski definition) is 1. The van der Waals surface area contributed by atoms with Crippen LogP contribution in [0.15, 0.2) is 0 Å². The van der Waals surface area contributed by atoms with Crippen molar-refractivity contribution < 1.29 is 0 Å².